The average Bonchev–Trinajstić information content (AvgIpc) is 3.10. The minimum Gasteiger partial charge on any atom is -0.462 e. The number of amides is 3. The van der Waals surface area contributed by atoms with Gasteiger partial charge in [0.1, 0.15) is 5.92 Å². The van der Waals surface area contributed by atoms with E-state index < -0.39 is 11.9 Å². The lowest BCUT2D eigenvalue weighted by Crippen LogP contribution is -2.35. The van der Waals surface area contributed by atoms with Crippen molar-refractivity contribution in [3.63, 3.8) is 0 Å². The van der Waals surface area contributed by atoms with Gasteiger partial charge < -0.3 is 25.2 Å². The van der Waals surface area contributed by atoms with Gasteiger partial charge in [0.2, 0.25) is 17.7 Å². The SMILES string of the molecule is CCOC(=O)c1ccc2c(c1)NC(=O)C2C=Nc1ccc(N(C)C(=O)CN(C)C)c(NC(C)=O)c1. The van der Waals surface area contributed by atoms with Crippen molar-refractivity contribution in [2.24, 2.45) is 4.99 Å². The van der Waals surface area contributed by atoms with Crippen LogP contribution in [0.5, 0.6) is 0 Å². The van der Waals surface area contributed by atoms with Gasteiger partial charge in [-0.05, 0) is 56.9 Å². The number of likely N-dealkylation sites (N-methyl/N-ethyl adjacent to an activating group) is 2. The summed E-state index contributed by atoms with van der Waals surface area (Å²) in [6.45, 7) is 3.58. The normalized spacial score (nSPS) is 14.6. The Hall–Kier alpha value is -4.05. The number of ether oxygens (including phenoxy) is 1. The Morgan fingerprint density at radius 1 is 1.14 bits per heavy atom. The lowest BCUT2D eigenvalue weighted by molar-refractivity contribution is -0.119. The minimum atomic E-state index is -0.644. The molecule has 0 radical (unpaired) electrons. The number of carbonyl (C=O) groups excluding carboxylic acids is 4. The molecular weight excluding hydrogens is 450 g/mol. The molecule has 2 N–H and O–H groups in total. The van der Waals surface area contributed by atoms with Crippen molar-refractivity contribution >= 4 is 52.7 Å². The van der Waals surface area contributed by atoms with Crippen LogP contribution in [0.3, 0.4) is 0 Å². The van der Waals surface area contributed by atoms with Gasteiger partial charge in [-0.1, -0.05) is 6.07 Å². The van der Waals surface area contributed by atoms with Gasteiger partial charge >= 0.3 is 5.97 Å². The van der Waals surface area contributed by atoms with E-state index in [9.17, 15) is 19.2 Å². The molecule has 2 aromatic rings. The van der Waals surface area contributed by atoms with E-state index in [1.165, 1.54) is 18.0 Å². The fraction of sp³-hybridized carbons (Fsp3) is 0.320. The Balaban J connectivity index is 1.86. The van der Waals surface area contributed by atoms with Crippen molar-refractivity contribution in [1.82, 2.24) is 4.90 Å². The van der Waals surface area contributed by atoms with Crippen LogP contribution in [0.25, 0.3) is 0 Å². The van der Waals surface area contributed by atoms with E-state index in [1.54, 1.807) is 69.4 Å². The number of rotatable bonds is 8. The topological polar surface area (TPSA) is 120 Å². The predicted octanol–water partition coefficient (Wildman–Crippen LogP) is 2.78. The molecule has 1 heterocycles. The van der Waals surface area contributed by atoms with Gasteiger partial charge in [-0.25, -0.2) is 4.79 Å². The van der Waals surface area contributed by atoms with E-state index in [-0.39, 0.29) is 30.9 Å². The number of nitrogens with one attached hydrogen (secondary N) is 2. The van der Waals surface area contributed by atoms with E-state index in [1.807, 2.05) is 0 Å². The number of nitrogens with zero attached hydrogens (tertiary/aromatic N) is 3. The van der Waals surface area contributed by atoms with Crippen LogP contribution in [0.15, 0.2) is 41.4 Å². The van der Waals surface area contributed by atoms with E-state index in [4.69, 9.17) is 4.74 Å². The molecule has 0 fully saturated rings. The molecule has 1 aliphatic rings. The number of hydrogen-bond acceptors (Lipinski definition) is 7. The van der Waals surface area contributed by atoms with Crippen LogP contribution in [0, 0.1) is 0 Å². The van der Waals surface area contributed by atoms with Crippen molar-refractivity contribution in [2.45, 2.75) is 19.8 Å². The van der Waals surface area contributed by atoms with Crippen LogP contribution in [0.2, 0.25) is 0 Å². The van der Waals surface area contributed by atoms with E-state index in [0.29, 0.717) is 33.9 Å². The second kappa shape index (κ2) is 10.9. The maximum Gasteiger partial charge on any atom is 0.338 e. The van der Waals surface area contributed by atoms with Gasteiger partial charge in [0.25, 0.3) is 0 Å². The number of carbonyl (C=O) groups is 4. The molecule has 10 nitrogen and oxygen atoms in total. The van der Waals surface area contributed by atoms with Crippen LogP contribution < -0.4 is 15.5 Å². The lowest BCUT2D eigenvalue weighted by Gasteiger charge is -2.22. The van der Waals surface area contributed by atoms with E-state index >= 15 is 0 Å². The molecule has 0 saturated carbocycles. The molecular formula is C25H29N5O5. The minimum absolute atomic E-state index is 0.140. The molecule has 2 aromatic carbocycles. The van der Waals surface area contributed by atoms with Gasteiger partial charge in [0, 0.05) is 25.9 Å². The zero-order chi connectivity index (χ0) is 25.7. The van der Waals surface area contributed by atoms with Gasteiger partial charge in [-0.2, -0.15) is 0 Å². The first-order valence-electron chi connectivity index (χ1n) is 11.1. The first-order chi connectivity index (χ1) is 16.6. The standard InChI is InChI=1S/C25H29N5O5/c1-6-35-25(34)16-7-9-18-19(24(33)28-20(18)11-16)13-26-17-8-10-22(21(12-17)27-15(2)31)30(5)23(32)14-29(3)4/h7-13,19H,6,14H2,1-5H3,(H,27,31)(H,28,33). The highest BCUT2D eigenvalue weighted by Crippen LogP contribution is 2.34. The molecule has 1 unspecified atom stereocenters. The van der Waals surface area contributed by atoms with Gasteiger partial charge in [0.05, 0.1) is 35.8 Å². The Labute approximate surface area is 204 Å². The van der Waals surface area contributed by atoms with Crippen LogP contribution in [0.4, 0.5) is 22.7 Å². The highest BCUT2D eigenvalue weighted by Gasteiger charge is 2.30. The van der Waals surface area contributed by atoms with Crippen molar-refractivity contribution in [3.05, 3.63) is 47.5 Å². The van der Waals surface area contributed by atoms with Crippen LogP contribution in [0.1, 0.15) is 35.7 Å². The predicted molar refractivity (Wildman–Crippen MR) is 135 cm³/mol. The summed E-state index contributed by atoms with van der Waals surface area (Å²) in [7, 11) is 5.24. The number of esters is 1. The summed E-state index contributed by atoms with van der Waals surface area (Å²) in [5.74, 6) is -1.80. The lowest BCUT2D eigenvalue weighted by atomic mass is 10.0. The molecule has 0 bridgehead atoms. The third kappa shape index (κ3) is 6.10. The number of anilines is 3. The zero-order valence-corrected chi connectivity index (χ0v) is 20.4. The molecule has 35 heavy (non-hydrogen) atoms. The summed E-state index contributed by atoms with van der Waals surface area (Å²) >= 11 is 0. The van der Waals surface area contributed by atoms with Crippen molar-refractivity contribution < 1.29 is 23.9 Å². The van der Waals surface area contributed by atoms with Gasteiger partial charge in [-0.3, -0.25) is 19.4 Å². The maximum atomic E-state index is 12.6. The Morgan fingerprint density at radius 3 is 2.54 bits per heavy atom. The maximum absolute atomic E-state index is 12.6. The number of aliphatic imine (C=N–C) groups is 1. The smallest absolute Gasteiger partial charge is 0.338 e. The number of hydrogen-bond donors (Lipinski definition) is 2. The summed E-state index contributed by atoms with van der Waals surface area (Å²) in [4.78, 5) is 56.5. The Morgan fingerprint density at radius 2 is 1.89 bits per heavy atom. The molecule has 10 heteroatoms. The molecule has 0 aliphatic carbocycles. The third-order valence-corrected chi connectivity index (χ3v) is 5.29. The second-order valence-corrected chi connectivity index (χ2v) is 8.34. The number of benzene rings is 2. The van der Waals surface area contributed by atoms with Crippen LogP contribution in [-0.2, 0) is 19.1 Å². The van der Waals surface area contributed by atoms with Crippen molar-refractivity contribution in [2.75, 3.05) is 49.8 Å². The number of fused-ring (bicyclic) bond motifs is 1. The molecule has 3 rings (SSSR count). The third-order valence-electron chi connectivity index (χ3n) is 5.29. The van der Waals surface area contributed by atoms with Crippen molar-refractivity contribution in [3.8, 4) is 0 Å². The second-order valence-electron chi connectivity index (χ2n) is 8.34. The van der Waals surface area contributed by atoms with Crippen molar-refractivity contribution in [1.29, 1.82) is 0 Å². The summed E-state index contributed by atoms with van der Waals surface area (Å²) in [5.41, 5.74) is 3.03. The zero-order valence-electron chi connectivity index (χ0n) is 20.4. The summed E-state index contributed by atoms with van der Waals surface area (Å²) in [5, 5.41) is 5.51. The molecule has 0 spiro atoms. The summed E-state index contributed by atoms with van der Waals surface area (Å²) in [6, 6.07) is 9.94. The molecule has 0 saturated heterocycles. The summed E-state index contributed by atoms with van der Waals surface area (Å²) in [6.07, 6.45) is 1.51. The van der Waals surface area contributed by atoms with E-state index in [0.717, 1.165) is 0 Å². The fourth-order valence-corrected chi connectivity index (χ4v) is 3.63. The average molecular weight is 480 g/mol. The first kappa shape index (κ1) is 25.6. The highest BCUT2D eigenvalue weighted by atomic mass is 16.5. The van der Waals surface area contributed by atoms with Crippen LogP contribution in [-0.4, -0.2) is 69.1 Å². The largest absolute Gasteiger partial charge is 0.462 e. The molecule has 0 aromatic heterocycles. The molecule has 1 aliphatic heterocycles. The monoisotopic (exact) mass is 479 g/mol. The van der Waals surface area contributed by atoms with Gasteiger partial charge in [0.15, 0.2) is 0 Å². The quantitative estimate of drug-likeness (QED) is 0.444. The molecule has 3 amide bonds. The van der Waals surface area contributed by atoms with E-state index in [2.05, 4.69) is 15.6 Å². The highest BCUT2D eigenvalue weighted by molar-refractivity contribution is 6.13. The van der Waals surface area contributed by atoms with Crippen LogP contribution >= 0.6 is 0 Å². The molecule has 1 atom stereocenters. The summed E-state index contributed by atoms with van der Waals surface area (Å²) < 4.78 is 5.01. The Kier molecular flexibility index (Phi) is 7.98. The fourth-order valence-electron chi connectivity index (χ4n) is 3.63. The first-order valence-corrected chi connectivity index (χ1v) is 11.1. The molecule has 184 valence electrons. The van der Waals surface area contributed by atoms with Gasteiger partial charge in [-0.15, -0.1) is 0 Å². The Bertz CT molecular complexity index is 1190.